The van der Waals surface area contributed by atoms with Crippen LogP contribution in [-0.4, -0.2) is 4.98 Å². The maximum atomic E-state index is 13.6. The van der Waals surface area contributed by atoms with Gasteiger partial charge in [0.1, 0.15) is 11.6 Å². The van der Waals surface area contributed by atoms with Gasteiger partial charge >= 0.3 is 0 Å². The number of fused-ring (bicyclic) bond motifs is 1. The summed E-state index contributed by atoms with van der Waals surface area (Å²) in [5, 5.41) is 3.36. The topological polar surface area (TPSA) is 24.9 Å². The molecule has 1 aliphatic rings. The lowest BCUT2D eigenvalue weighted by molar-refractivity contribution is 0.614. The summed E-state index contributed by atoms with van der Waals surface area (Å²) in [4.78, 5) is 4.65. The van der Waals surface area contributed by atoms with E-state index in [-0.39, 0.29) is 11.9 Å². The number of rotatable bonds is 3. The van der Waals surface area contributed by atoms with Crippen molar-refractivity contribution in [1.82, 2.24) is 4.98 Å². The maximum absolute atomic E-state index is 13.6. The second kappa shape index (κ2) is 5.23. The van der Waals surface area contributed by atoms with Crippen molar-refractivity contribution in [2.75, 3.05) is 5.32 Å². The van der Waals surface area contributed by atoms with Crippen LogP contribution in [0.5, 0.6) is 0 Å². The summed E-state index contributed by atoms with van der Waals surface area (Å²) in [6, 6.07) is 9.59. The van der Waals surface area contributed by atoms with Crippen molar-refractivity contribution in [3.63, 3.8) is 0 Å². The Morgan fingerprint density at radius 3 is 2.85 bits per heavy atom. The van der Waals surface area contributed by atoms with E-state index in [4.69, 9.17) is 0 Å². The van der Waals surface area contributed by atoms with Crippen molar-refractivity contribution in [1.29, 1.82) is 0 Å². The molecule has 0 amide bonds. The minimum absolute atomic E-state index is 0.0389. The second-order valence-electron chi connectivity index (χ2n) is 5.53. The quantitative estimate of drug-likeness (QED) is 0.904. The van der Waals surface area contributed by atoms with Crippen molar-refractivity contribution in [3.05, 3.63) is 58.5 Å². The number of benzene rings is 1. The first-order chi connectivity index (χ1) is 9.63. The van der Waals surface area contributed by atoms with Crippen molar-refractivity contribution < 1.29 is 4.39 Å². The summed E-state index contributed by atoms with van der Waals surface area (Å²) in [5.41, 5.74) is 4.19. The Bertz CT molecular complexity index is 637. The fraction of sp³-hybridized carbons (Fsp3) is 0.353. The van der Waals surface area contributed by atoms with Gasteiger partial charge in [0.2, 0.25) is 0 Å². The first kappa shape index (κ1) is 13.1. The van der Waals surface area contributed by atoms with Crippen LogP contribution < -0.4 is 5.32 Å². The van der Waals surface area contributed by atoms with E-state index >= 15 is 0 Å². The summed E-state index contributed by atoms with van der Waals surface area (Å²) in [7, 11) is 0. The van der Waals surface area contributed by atoms with Crippen LogP contribution in [0.1, 0.15) is 41.8 Å². The molecule has 1 atom stereocenters. The Kier molecular flexibility index (Phi) is 3.43. The highest BCUT2D eigenvalue weighted by atomic mass is 19.1. The molecule has 2 aromatic rings. The van der Waals surface area contributed by atoms with Crippen LogP contribution in [0.4, 0.5) is 10.2 Å². The van der Waals surface area contributed by atoms with Crippen LogP contribution >= 0.6 is 0 Å². The lowest BCUT2D eigenvalue weighted by Gasteiger charge is -2.16. The van der Waals surface area contributed by atoms with Crippen molar-refractivity contribution in [2.45, 2.75) is 39.2 Å². The standard InChI is InChI=1S/C17H19FN2/c1-11-6-7-14(10-15(11)18)12(2)19-17-9-8-13-4-3-5-16(13)20-17/h6-10,12H,3-5H2,1-2H3,(H,19,20). The van der Waals surface area contributed by atoms with Gasteiger partial charge in [0.15, 0.2) is 0 Å². The Morgan fingerprint density at radius 1 is 1.20 bits per heavy atom. The lowest BCUT2D eigenvalue weighted by atomic mass is 10.1. The zero-order valence-corrected chi connectivity index (χ0v) is 11.9. The molecule has 1 aliphatic carbocycles. The summed E-state index contributed by atoms with van der Waals surface area (Å²) in [6.07, 6.45) is 3.41. The van der Waals surface area contributed by atoms with E-state index in [1.165, 1.54) is 17.7 Å². The molecule has 3 rings (SSSR count). The molecular formula is C17H19FN2. The molecule has 1 unspecified atom stereocenters. The number of pyridine rings is 1. The number of nitrogens with one attached hydrogen (secondary N) is 1. The van der Waals surface area contributed by atoms with E-state index in [1.807, 2.05) is 25.1 Å². The first-order valence-corrected chi connectivity index (χ1v) is 7.15. The van der Waals surface area contributed by atoms with Gasteiger partial charge in [-0.15, -0.1) is 0 Å². The highest BCUT2D eigenvalue weighted by Gasteiger charge is 2.14. The number of anilines is 1. The van der Waals surface area contributed by atoms with E-state index in [2.05, 4.69) is 16.4 Å². The first-order valence-electron chi connectivity index (χ1n) is 7.15. The molecule has 0 bridgehead atoms. The van der Waals surface area contributed by atoms with Crippen LogP contribution in [0.2, 0.25) is 0 Å². The second-order valence-corrected chi connectivity index (χ2v) is 5.53. The normalized spacial score (nSPS) is 14.9. The molecule has 2 nitrogen and oxygen atoms in total. The van der Waals surface area contributed by atoms with Gasteiger partial charge in [0, 0.05) is 5.69 Å². The predicted octanol–water partition coefficient (Wildman–Crippen LogP) is 4.19. The zero-order valence-electron chi connectivity index (χ0n) is 11.9. The Labute approximate surface area is 119 Å². The van der Waals surface area contributed by atoms with Gasteiger partial charge in [0.25, 0.3) is 0 Å². The van der Waals surface area contributed by atoms with Crippen LogP contribution in [-0.2, 0) is 12.8 Å². The van der Waals surface area contributed by atoms with E-state index < -0.39 is 0 Å². The molecule has 3 heteroatoms. The van der Waals surface area contributed by atoms with E-state index in [0.717, 1.165) is 24.2 Å². The van der Waals surface area contributed by atoms with Crippen LogP contribution in [0.25, 0.3) is 0 Å². The summed E-state index contributed by atoms with van der Waals surface area (Å²) >= 11 is 0. The van der Waals surface area contributed by atoms with Gasteiger partial charge in [-0.05, 0) is 61.9 Å². The SMILES string of the molecule is Cc1ccc(C(C)Nc2ccc3c(n2)CCC3)cc1F. The molecule has 1 heterocycles. The average Bonchev–Trinajstić information content (AvgIpc) is 2.89. The van der Waals surface area contributed by atoms with Gasteiger partial charge in [0.05, 0.1) is 6.04 Å². The summed E-state index contributed by atoms with van der Waals surface area (Å²) < 4.78 is 13.6. The number of nitrogens with zero attached hydrogens (tertiary/aromatic N) is 1. The molecule has 1 N–H and O–H groups in total. The smallest absolute Gasteiger partial charge is 0.126 e. The van der Waals surface area contributed by atoms with Crippen LogP contribution in [0, 0.1) is 12.7 Å². The molecule has 0 radical (unpaired) electrons. The van der Waals surface area contributed by atoms with Gasteiger partial charge in [-0.3, -0.25) is 0 Å². The Balaban J connectivity index is 1.78. The minimum atomic E-state index is -0.155. The van der Waals surface area contributed by atoms with Gasteiger partial charge in [-0.1, -0.05) is 18.2 Å². The van der Waals surface area contributed by atoms with E-state index in [1.54, 1.807) is 13.0 Å². The molecule has 0 saturated carbocycles. The van der Waals surface area contributed by atoms with E-state index in [9.17, 15) is 4.39 Å². The molecule has 20 heavy (non-hydrogen) atoms. The average molecular weight is 270 g/mol. The molecule has 0 fully saturated rings. The molecule has 0 spiro atoms. The van der Waals surface area contributed by atoms with Crippen molar-refractivity contribution >= 4 is 5.82 Å². The van der Waals surface area contributed by atoms with Gasteiger partial charge in [-0.2, -0.15) is 0 Å². The zero-order chi connectivity index (χ0) is 14.1. The number of hydrogen-bond acceptors (Lipinski definition) is 2. The lowest BCUT2D eigenvalue weighted by Crippen LogP contribution is -2.09. The number of aryl methyl sites for hydroxylation is 3. The largest absolute Gasteiger partial charge is 0.364 e. The van der Waals surface area contributed by atoms with Gasteiger partial charge < -0.3 is 5.32 Å². The van der Waals surface area contributed by atoms with Crippen LogP contribution in [0.15, 0.2) is 30.3 Å². The third-order valence-electron chi connectivity index (χ3n) is 3.99. The minimum Gasteiger partial charge on any atom is -0.364 e. The maximum Gasteiger partial charge on any atom is 0.126 e. The molecule has 0 saturated heterocycles. The number of aromatic nitrogens is 1. The van der Waals surface area contributed by atoms with Crippen LogP contribution in [0.3, 0.4) is 0 Å². The molecule has 1 aromatic carbocycles. The number of halogens is 1. The highest BCUT2D eigenvalue weighted by molar-refractivity contribution is 5.43. The van der Waals surface area contributed by atoms with Crippen molar-refractivity contribution in [2.24, 2.45) is 0 Å². The molecule has 0 aliphatic heterocycles. The Hall–Kier alpha value is -1.90. The monoisotopic (exact) mass is 270 g/mol. The fourth-order valence-corrected chi connectivity index (χ4v) is 2.68. The molecule has 1 aromatic heterocycles. The third kappa shape index (κ3) is 2.53. The summed E-state index contributed by atoms with van der Waals surface area (Å²) in [6.45, 7) is 3.80. The molecular weight excluding hydrogens is 251 g/mol. The number of hydrogen-bond donors (Lipinski definition) is 1. The van der Waals surface area contributed by atoms with E-state index in [0.29, 0.717) is 5.56 Å². The van der Waals surface area contributed by atoms with Gasteiger partial charge in [-0.25, -0.2) is 9.37 Å². The van der Waals surface area contributed by atoms with Crippen molar-refractivity contribution in [3.8, 4) is 0 Å². The fourth-order valence-electron chi connectivity index (χ4n) is 2.68. The predicted molar refractivity (Wildman–Crippen MR) is 79.4 cm³/mol. The molecule has 104 valence electrons. The highest BCUT2D eigenvalue weighted by Crippen LogP contribution is 2.24. The summed E-state index contributed by atoms with van der Waals surface area (Å²) in [5.74, 6) is 0.720. The third-order valence-corrected chi connectivity index (χ3v) is 3.99. The Morgan fingerprint density at radius 2 is 2.05 bits per heavy atom.